The van der Waals surface area contributed by atoms with E-state index in [9.17, 15) is 0 Å². The molecule has 0 aliphatic carbocycles. The van der Waals surface area contributed by atoms with Crippen LogP contribution in [-0.2, 0) is 6.42 Å². The van der Waals surface area contributed by atoms with E-state index in [0.717, 1.165) is 41.0 Å². The fraction of sp³-hybridized carbons (Fsp3) is 0.241. The van der Waals surface area contributed by atoms with Crippen LogP contribution in [0.3, 0.4) is 0 Å². The maximum absolute atomic E-state index is 6.00. The van der Waals surface area contributed by atoms with E-state index in [1.54, 1.807) is 0 Å². The van der Waals surface area contributed by atoms with Gasteiger partial charge in [-0.1, -0.05) is 48.1 Å². The Morgan fingerprint density at radius 3 is 2.32 bits per heavy atom. The van der Waals surface area contributed by atoms with E-state index in [4.69, 9.17) is 5.73 Å². The molecule has 0 aromatic heterocycles. The Hall–Kier alpha value is -3.26. The van der Waals surface area contributed by atoms with Crippen LogP contribution in [0.2, 0.25) is 0 Å². The molecule has 0 amide bonds. The Labute approximate surface area is 187 Å². The van der Waals surface area contributed by atoms with Gasteiger partial charge in [-0.3, -0.25) is 0 Å². The molecule has 0 saturated heterocycles. The molecule has 0 radical (unpaired) electrons. The first kappa shape index (κ1) is 22.4. The lowest BCUT2D eigenvalue weighted by Gasteiger charge is -2.31. The number of allylic oxidation sites excluding steroid dienone is 3. The Bertz CT molecular complexity index is 1180. The van der Waals surface area contributed by atoms with E-state index in [-0.39, 0.29) is 0 Å². The lowest BCUT2D eigenvalue weighted by atomic mass is 9.98. The third kappa shape index (κ3) is 4.91. The average molecular weight is 411 g/mol. The smallest absolute Gasteiger partial charge is 0.0536 e. The summed E-state index contributed by atoms with van der Waals surface area (Å²) in [6, 6.07) is 19.3. The summed E-state index contributed by atoms with van der Waals surface area (Å²) in [5.74, 6) is 0. The van der Waals surface area contributed by atoms with Crippen molar-refractivity contribution in [1.82, 2.24) is 0 Å². The quantitative estimate of drug-likeness (QED) is 0.315. The van der Waals surface area contributed by atoms with Crippen molar-refractivity contribution < 1.29 is 0 Å². The lowest BCUT2D eigenvalue weighted by Crippen LogP contribution is -2.20. The van der Waals surface area contributed by atoms with Crippen LogP contribution in [0.15, 0.2) is 84.6 Å². The maximum atomic E-state index is 6.00. The summed E-state index contributed by atoms with van der Waals surface area (Å²) in [6.45, 7) is 19.2. The van der Waals surface area contributed by atoms with E-state index in [1.807, 2.05) is 12.1 Å². The first-order valence-corrected chi connectivity index (χ1v) is 10.8. The van der Waals surface area contributed by atoms with E-state index >= 15 is 0 Å². The zero-order chi connectivity index (χ0) is 22.7. The molecule has 2 heteroatoms. The molecule has 0 bridgehead atoms. The molecular formula is C29H34N2. The molecule has 0 heterocycles. The summed E-state index contributed by atoms with van der Waals surface area (Å²) in [5.41, 5.74) is 16.1. The molecule has 2 N–H and O–H groups in total. The molecule has 160 valence electrons. The number of aryl methyl sites for hydroxylation is 2. The van der Waals surface area contributed by atoms with E-state index in [0.29, 0.717) is 0 Å². The van der Waals surface area contributed by atoms with Crippen molar-refractivity contribution in [2.24, 2.45) is 0 Å². The number of anilines is 2. The van der Waals surface area contributed by atoms with Gasteiger partial charge in [0.05, 0.1) is 5.69 Å². The van der Waals surface area contributed by atoms with Gasteiger partial charge < -0.3 is 10.6 Å². The summed E-state index contributed by atoms with van der Waals surface area (Å²) in [5, 5.41) is 2.46. The minimum absolute atomic E-state index is 0.770. The molecule has 3 rings (SSSR count). The van der Waals surface area contributed by atoms with Crippen molar-refractivity contribution >= 4 is 27.8 Å². The van der Waals surface area contributed by atoms with E-state index in [2.05, 4.69) is 95.1 Å². The second-order valence-electron chi connectivity index (χ2n) is 8.73. The van der Waals surface area contributed by atoms with Crippen LogP contribution < -0.4 is 10.6 Å². The highest BCUT2D eigenvalue weighted by Crippen LogP contribution is 2.37. The molecule has 0 spiro atoms. The normalized spacial score (nSPS) is 10.7. The van der Waals surface area contributed by atoms with Crippen molar-refractivity contribution in [1.29, 1.82) is 0 Å². The third-order valence-electron chi connectivity index (χ3n) is 5.90. The number of nitrogens with two attached hydrogens (primary N) is 1. The molecule has 2 nitrogen and oxygen atoms in total. The predicted molar refractivity (Wildman–Crippen MR) is 138 cm³/mol. The predicted octanol–water partition coefficient (Wildman–Crippen LogP) is 8.03. The molecule has 0 saturated carbocycles. The molecule has 31 heavy (non-hydrogen) atoms. The van der Waals surface area contributed by atoms with Crippen LogP contribution in [0, 0.1) is 6.92 Å². The first-order valence-electron chi connectivity index (χ1n) is 10.8. The average Bonchev–Trinajstić information content (AvgIpc) is 2.72. The topological polar surface area (TPSA) is 29.3 Å². The van der Waals surface area contributed by atoms with Gasteiger partial charge in [-0.05, 0) is 88.2 Å². The number of benzene rings is 3. The summed E-state index contributed by atoms with van der Waals surface area (Å²) in [4.78, 5) is 2.29. The van der Waals surface area contributed by atoms with Crippen LogP contribution in [-0.4, -0.2) is 0 Å². The minimum Gasteiger partial charge on any atom is -0.399 e. The molecule has 0 aliphatic heterocycles. The summed E-state index contributed by atoms with van der Waals surface area (Å²) >= 11 is 0. The lowest BCUT2D eigenvalue weighted by molar-refractivity contribution is 0.948. The van der Waals surface area contributed by atoms with Crippen molar-refractivity contribution in [3.8, 4) is 0 Å². The molecule has 0 aliphatic rings. The van der Waals surface area contributed by atoms with Gasteiger partial charge in [0.2, 0.25) is 0 Å². The van der Waals surface area contributed by atoms with Gasteiger partial charge in [-0.15, -0.1) is 6.58 Å². The van der Waals surface area contributed by atoms with Gasteiger partial charge >= 0.3 is 0 Å². The number of nitrogens with zero attached hydrogens (tertiary/aromatic N) is 1. The second kappa shape index (κ2) is 9.26. The van der Waals surface area contributed by atoms with Crippen LogP contribution in [0.25, 0.3) is 16.5 Å². The summed E-state index contributed by atoms with van der Waals surface area (Å²) in [6.07, 6.45) is 2.00. The van der Waals surface area contributed by atoms with Crippen LogP contribution in [0.5, 0.6) is 0 Å². The fourth-order valence-corrected chi connectivity index (χ4v) is 3.89. The highest BCUT2D eigenvalue weighted by molar-refractivity contribution is 6.00. The molecule has 3 aromatic rings. The molecule has 0 unspecified atom stereocenters. The highest BCUT2D eigenvalue weighted by atomic mass is 15.2. The molecular weight excluding hydrogens is 376 g/mol. The van der Waals surface area contributed by atoms with Gasteiger partial charge in [-0.25, -0.2) is 0 Å². The van der Waals surface area contributed by atoms with Crippen molar-refractivity contribution in [2.45, 2.75) is 47.5 Å². The zero-order valence-electron chi connectivity index (χ0n) is 19.5. The van der Waals surface area contributed by atoms with Gasteiger partial charge in [0.1, 0.15) is 0 Å². The van der Waals surface area contributed by atoms with E-state index < -0.39 is 0 Å². The minimum atomic E-state index is 0.770. The van der Waals surface area contributed by atoms with Crippen LogP contribution in [0.4, 0.5) is 11.4 Å². The monoisotopic (exact) mass is 410 g/mol. The largest absolute Gasteiger partial charge is 0.399 e. The maximum Gasteiger partial charge on any atom is 0.0536 e. The van der Waals surface area contributed by atoms with Gasteiger partial charge in [0, 0.05) is 28.0 Å². The molecule has 3 aromatic carbocycles. The number of nitrogen functional groups attached to an aromatic ring is 1. The summed E-state index contributed by atoms with van der Waals surface area (Å²) in [7, 11) is 0. The Balaban J connectivity index is 2.19. The Kier molecular flexibility index (Phi) is 6.70. The number of hydrogen-bond acceptors (Lipinski definition) is 2. The first-order chi connectivity index (χ1) is 14.7. The summed E-state index contributed by atoms with van der Waals surface area (Å²) < 4.78 is 0. The van der Waals surface area contributed by atoms with Crippen molar-refractivity contribution in [2.75, 3.05) is 10.6 Å². The number of rotatable bonds is 7. The van der Waals surface area contributed by atoms with Gasteiger partial charge in [0.25, 0.3) is 0 Å². The zero-order valence-corrected chi connectivity index (χ0v) is 19.5. The number of fused-ring (bicyclic) bond motifs is 1. The Morgan fingerprint density at radius 2 is 1.68 bits per heavy atom. The third-order valence-corrected chi connectivity index (χ3v) is 5.90. The van der Waals surface area contributed by atoms with Gasteiger partial charge in [0.15, 0.2) is 0 Å². The molecule has 0 atom stereocenters. The van der Waals surface area contributed by atoms with Crippen molar-refractivity contribution in [3.05, 3.63) is 101 Å². The second-order valence-corrected chi connectivity index (χ2v) is 8.73. The SMILES string of the molecule is C=C(C)CCc1ccc2cccc(N(C(=C)c3ccc(N)cc3C)C(C)=C(C)C)c2c1. The Morgan fingerprint density at radius 1 is 0.935 bits per heavy atom. The number of hydrogen-bond donors (Lipinski definition) is 1. The van der Waals surface area contributed by atoms with Crippen LogP contribution >= 0.6 is 0 Å². The fourth-order valence-electron chi connectivity index (χ4n) is 3.89. The van der Waals surface area contributed by atoms with Crippen molar-refractivity contribution in [3.63, 3.8) is 0 Å². The standard InChI is InChI=1S/C29H34N2/c1-19(2)11-12-24-13-14-25-9-8-10-29(28(25)18-24)31(22(6)20(3)4)23(7)27-16-15-26(30)17-21(27)5/h8-10,13-18H,1,7,11-12,30H2,2-6H3. The van der Waals surface area contributed by atoms with E-state index in [1.165, 1.54) is 33.2 Å². The molecule has 0 fully saturated rings. The van der Waals surface area contributed by atoms with Crippen LogP contribution in [0.1, 0.15) is 50.8 Å². The van der Waals surface area contributed by atoms with Gasteiger partial charge in [-0.2, -0.15) is 0 Å². The highest BCUT2D eigenvalue weighted by Gasteiger charge is 2.19.